The summed E-state index contributed by atoms with van der Waals surface area (Å²) in [4.78, 5) is 0. The highest BCUT2D eigenvalue weighted by Crippen LogP contribution is 2.42. The zero-order valence-corrected chi connectivity index (χ0v) is 6.63. The molecule has 0 spiro atoms. The fraction of sp³-hybridized carbons (Fsp3) is 0.143. The molecule has 1 aliphatic carbocycles. The van der Waals surface area contributed by atoms with Gasteiger partial charge in [-0.15, -0.1) is 0 Å². The van der Waals surface area contributed by atoms with Gasteiger partial charge in [-0.2, -0.15) is 0 Å². The molecule has 0 heterocycles. The molecule has 0 radical (unpaired) electrons. The van der Waals surface area contributed by atoms with Gasteiger partial charge in [0.05, 0.1) is 15.7 Å². The first-order chi connectivity index (χ1) is 4.70. The Morgan fingerprint density at radius 2 is 2.00 bits per heavy atom. The molecule has 1 aromatic carbocycles. The topological polar surface area (TPSA) is 26.0 Å². The Kier molecular flexibility index (Phi) is 1.14. The van der Waals surface area contributed by atoms with Crippen LogP contribution in [0.5, 0.6) is 0 Å². The van der Waals surface area contributed by atoms with Crippen molar-refractivity contribution in [1.29, 1.82) is 0 Å². The number of hydrogen-bond donors (Lipinski definition) is 1. The molecule has 0 aromatic heterocycles. The van der Waals surface area contributed by atoms with Gasteiger partial charge in [0.2, 0.25) is 0 Å². The molecule has 1 aromatic rings. The number of rotatable bonds is 0. The van der Waals surface area contributed by atoms with Gasteiger partial charge in [0.15, 0.2) is 0 Å². The molecule has 0 saturated carbocycles. The van der Waals surface area contributed by atoms with E-state index in [1.165, 1.54) is 5.56 Å². The SMILES string of the molecule is Nc1cc2c(c(Cl)c1Cl)C2. The second kappa shape index (κ2) is 1.80. The third kappa shape index (κ3) is 0.710. The molecular formula is C7H5Cl2N. The van der Waals surface area contributed by atoms with Crippen LogP contribution in [0.15, 0.2) is 6.07 Å². The normalized spacial score (nSPS) is 13.0. The molecule has 52 valence electrons. The van der Waals surface area contributed by atoms with Gasteiger partial charge in [-0.25, -0.2) is 0 Å². The maximum atomic E-state index is 5.82. The van der Waals surface area contributed by atoms with E-state index in [0.29, 0.717) is 15.7 Å². The van der Waals surface area contributed by atoms with Gasteiger partial charge in [0, 0.05) is 0 Å². The van der Waals surface area contributed by atoms with Gasteiger partial charge in [0.1, 0.15) is 0 Å². The molecule has 0 atom stereocenters. The lowest BCUT2D eigenvalue weighted by Gasteiger charge is -1.96. The smallest absolute Gasteiger partial charge is 0.0824 e. The Hall–Kier alpha value is -0.400. The first kappa shape index (κ1) is 6.32. The predicted octanol–water partition coefficient (Wildman–Crippen LogP) is 2.48. The molecular weight excluding hydrogens is 169 g/mol. The summed E-state index contributed by atoms with van der Waals surface area (Å²) in [7, 11) is 0. The van der Waals surface area contributed by atoms with E-state index in [4.69, 9.17) is 28.9 Å². The van der Waals surface area contributed by atoms with Crippen molar-refractivity contribution in [3.05, 3.63) is 27.2 Å². The van der Waals surface area contributed by atoms with Crippen molar-refractivity contribution in [3.8, 4) is 0 Å². The fourth-order valence-corrected chi connectivity index (χ4v) is 1.48. The molecule has 2 rings (SSSR count). The Morgan fingerprint density at radius 3 is 2.70 bits per heavy atom. The van der Waals surface area contributed by atoms with E-state index in [1.807, 2.05) is 6.07 Å². The van der Waals surface area contributed by atoms with Crippen LogP contribution < -0.4 is 5.73 Å². The lowest BCUT2D eigenvalue weighted by molar-refractivity contribution is 1.61. The van der Waals surface area contributed by atoms with Gasteiger partial charge in [-0.05, 0) is 23.6 Å². The van der Waals surface area contributed by atoms with Crippen LogP contribution in [0, 0.1) is 0 Å². The van der Waals surface area contributed by atoms with Crippen LogP contribution in [0.2, 0.25) is 10.0 Å². The number of hydrogen-bond acceptors (Lipinski definition) is 1. The molecule has 1 aliphatic rings. The van der Waals surface area contributed by atoms with E-state index in [0.717, 1.165) is 12.0 Å². The third-order valence-corrected chi connectivity index (χ3v) is 2.59. The van der Waals surface area contributed by atoms with Gasteiger partial charge in [-0.1, -0.05) is 23.2 Å². The average molecular weight is 174 g/mol. The molecule has 0 fully saturated rings. The Morgan fingerprint density at radius 1 is 1.30 bits per heavy atom. The highest BCUT2D eigenvalue weighted by Gasteiger charge is 2.23. The summed E-state index contributed by atoms with van der Waals surface area (Å²) in [6.45, 7) is 0. The molecule has 2 N–H and O–H groups in total. The lowest BCUT2D eigenvalue weighted by atomic mass is 10.3. The quantitative estimate of drug-likeness (QED) is 0.610. The molecule has 0 unspecified atom stereocenters. The van der Waals surface area contributed by atoms with Crippen molar-refractivity contribution in [2.75, 3.05) is 5.73 Å². The van der Waals surface area contributed by atoms with Gasteiger partial charge < -0.3 is 5.73 Å². The van der Waals surface area contributed by atoms with Crippen LogP contribution in [-0.2, 0) is 6.42 Å². The van der Waals surface area contributed by atoms with E-state index in [2.05, 4.69) is 0 Å². The summed E-state index contributed by atoms with van der Waals surface area (Å²) >= 11 is 11.6. The van der Waals surface area contributed by atoms with Crippen molar-refractivity contribution in [1.82, 2.24) is 0 Å². The maximum Gasteiger partial charge on any atom is 0.0824 e. The minimum atomic E-state index is 0.498. The van der Waals surface area contributed by atoms with Crippen LogP contribution >= 0.6 is 23.2 Å². The first-order valence-corrected chi connectivity index (χ1v) is 3.71. The lowest BCUT2D eigenvalue weighted by Crippen LogP contribution is -1.84. The standard InChI is InChI=1S/C7H5Cl2N/c8-6-4-1-3(4)2-5(10)7(6)9/h2H,1,10H2. The van der Waals surface area contributed by atoms with E-state index in [1.54, 1.807) is 0 Å². The molecule has 0 saturated heterocycles. The van der Waals surface area contributed by atoms with Gasteiger partial charge in [0.25, 0.3) is 0 Å². The fourth-order valence-electron chi connectivity index (χ4n) is 1.01. The van der Waals surface area contributed by atoms with Crippen molar-refractivity contribution < 1.29 is 0 Å². The minimum Gasteiger partial charge on any atom is -0.397 e. The Balaban J connectivity index is 2.73. The maximum absolute atomic E-state index is 5.82. The minimum absolute atomic E-state index is 0.498. The third-order valence-electron chi connectivity index (χ3n) is 1.67. The molecule has 0 aliphatic heterocycles. The molecule has 1 nitrogen and oxygen atoms in total. The van der Waals surface area contributed by atoms with Crippen LogP contribution in [0.1, 0.15) is 11.1 Å². The second-order valence-corrected chi connectivity index (χ2v) is 3.16. The molecule has 3 heteroatoms. The number of anilines is 1. The van der Waals surface area contributed by atoms with E-state index >= 15 is 0 Å². The predicted molar refractivity (Wildman–Crippen MR) is 43.7 cm³/mol. The zero-order valence-electron chi connectivity index (χ0n) is 5.12. The summed E-state index contributed by atoms with van der Waals surface area (Å²) in [6.07, 6.45) is 0.954. The summed E-state index contributed by atoms with van der Waals surface area (Å²) in [6, 6.07) is 1.88. The summed E-state index contributed by atoms with van der Waals surface area (Å²) in [5.74, 6) is 0. The van der Waals surface area contributed by atoms with Crippen LogP contribution in [-0.4, -0.2) is 0 Å². The molecule has 10 heavy (non-hydrogen) atoms. The number of benzene rings is 1. The second-order valence-electron chi connectivity index (χ2n) is 2.41. The van der Waals surface area contributed by atoms with E-state index < -0.39 is 0 Å². The highest BCUT2D eigenvalue weighted by molar-refractivity contribution is 6.44. The summed E-state index contributed by atoms with van der Waals surface area (Å²) in [5, 5.41) is 1.13. The first-order valence-electron chi connectivity index (χ1n) is 2.95. The average Bonchev–Trinajstić information content (AvgIpc) is 2.62. The van der Waals surface area contributed by atoms with Gasteiger partial charge in [-0.3, -0.25) is 0 Å². The number of fused-ring (bicyclic) bond motifs is 1. The van der Waals surface area contributed by atoms with E-state index in [-0.39, 0.29) is 0 Å². The van der Waals surface area contributed by atoms with E-state index in [9.17, 15) is 0 Å². The number of nitrogens with two attached hydrogens (primary N) is 1. The van der Waals surface area contributed by atoms with Crippen LogP contribution in [0.4, 0.5) is 5.69 Å². The van der Waals surface area contributed by atoms with Crippen molar-refractivity contribution in [2.45, 2.75) is 6.42 Å². The Bertz CT molecular complexity index is 304. The van der Waals surface area contributed by atoms with Crippen LogP contribution in [0.25, 0.3) is 0 Å². The number of halogens is 2. The molecule has 0 bridgehead atoms. The largest absolute Gasteiger partial charge is 0.397 e. The monoisotopic (exact) mass is 173 g/mol. The summed E-state index contributed by atoms with van der Waals surface area (Å²) < 4.78 is 0. The van der Waals surface area contributed by atoms with Gasteiger partial charge >= 0.3 is 0 Å². The van der Waals surface area contributed by atoms with Crippen LogP contribution in [0.3, 0.4) is 0 Å². The number of nitrogen functional groups attached to an aromatic ring is 1. The van der Waals surface area contributed by atoms with Crippen molar-refractivity contribution in [3.63, 3.8) is 0 Å². The summed E-state index contributed by atoms with van der Waals surface area (Å²) in [5.41, 5.74) is 8.51. The zero-order chi connectivity index (χ0) is 7.30. The highest BCUT2D eigenvalue weighted by atomic mass is 35.5. The van der Waals surface area contributed by atoms with Crippen molar-refractivity contribution in [2.24, 2.45) is 0 Å². The Labute approximate surface area is 68.7 Å². The molecule has 0 amide bonds. The van der Waals surface area contributed by atoms with Crippen molar-refractivity contribution >= 4 is 28.9 Å².